The first-order chi connectivity index (χ1) is 64.3. The number of benzene rings is 12. The molecule has 0 amide bonds. The molecule has 10 nitrogen and oxygen atoms in total. The van der Waals surface area contributed by atoms with E-state index in [4.69, 9.17) is 0 Å². The number of fused-ring (bicyclic) bond motifs is 5. The summed E-state index contributed by atoms with van der Waals surface area (Å²) in [7, 11) is 11.1. The highest BCUT2D eigenvalue weighted by Gasteiger charge is 2.38. The predicted molar refractivity (Wildman–Crippen MR) is 558 cm³/mol. The minimum atomic E-state index is 0.155. The van der Waals surface area contributed by atoms with Crippen molar-refractivity contribution < 1.29 is 22.8 Å². The minimum absolute atomic E-state index is 0.155. The van der Waals surface area contributed by atoms with Crippen molar-refractivity contribution in [3.05, 3.63) is 323 Å². The van der Waals surface area contributed by atoms with Gasteiger partial charge in [0.1, 0.15) is 29.9 Å². The first kappa shape index (κ1) is 92.8. The van der Waals surface area contributed by atoms with E-state index in [2.05, 4.69) is 445 Å². The highest BCUT2D eigenvalue weighted by Crippen LogP contribution is 2.44. The Hall–Kier alpha value is -12.0. The molecule has 684 valence electrons. The number of para-hydroxylation sites is 11. The van der Waals surface area contributed by atoms with E-state index >= 15 is 0 Å². The van der Waals surface area contributed by atoms with Gasteiger partial charge in [-0.1, -0.05) is 244 Å². The number of nitrogens with zero attached hydrogens (tertiary/aromatic N) is 10. The molecule has 4 saturated carbocycles. The fourth-order valence-corrected chi connectivity index (χ4v) is 22.8. The topological polar surface area (TPSA) is 44.0 Å². The summed E-state index contributed by atoms with van der Waals surface area (Å²) < 4.78 is 24.9. The van der Waals surface area contributed by atoms with Gasteiger partial charge in [-0.05, 0) is 333 Å². The van der Waals surface area contributed by atoms with E-state index in [-0.39, 0.29) is 5.41 Å². The van der Waals surface area contributed by atoms with Crippen LogP contribution in [0.25, 0.3) is 129 Å². The minimum Gasteiger partial charge on any atom is -0.226 e. The third kappa shape index (κ3) is 18.9. The summed E-state index contributed by atoms with van der Waals surface area (Å²) >= 11 is 0. The maximum atomic E-state index is 2.66. The lowest BCUT2D eigenvalue weighted by Gasteiger charge is -2.23. The zero-order chi connectivity index (χ0) is 93.0. The van der Waals surface area contributed by atoms with E-state index in [1.165, 1.54) is 313 Å². The van der Waals surface area contributed by atoms with E-state index in [1.54, 1.807) is 0 Å². The van der Waals surface area contributed by atoms with Crippen LogP contribution in [0.1, 0.15) is 269 Å². The summed E-state index contributed by atoms with van der Waals surface area (Å²) in [6.07, 6.45) is 26.8. The van der Waals surface area contributed by atoms with Gasteiger partial charge in [0, 0.05) is 0 Å². The highest BCUT2D eigenvalue weighted by atomic mass is 15.2. The Kier molecular flexibility index (Phi) is 28.2. The monoisotopic (exact) mass is 1760 g/mol. The first-order valence-corrected chi connectivity index (χ1v) is 50.4. The number of rotatable bonds is 13. The largest absolute Gasteiger partial charge is 0.295 e. The van der Waals surface area contributed by atoms with E-state index in [1.807, 2.05) is 0 Å². The normalized spacial score (nSPS) is 14.9. The lowest BCUT2D eigenvalue weighted by atomic mass is 9.85. The van der Waals surface area contributed by atoms with Crippen LogP contribution >= 0.6 is 0 Å². The number of aryl methyl sites for hydroxylation is 12. The summed E-state index contributed by atoms with van der Waals surface area (Å²) in [5.74, 6) is 7.78. The molecule has 17 aromatic rings. The van der Waals surface area contributed by atoms with Gasteiger partial charge >= 0.3 is 0 Å². The maximum Gasteiger partial charge on any atom is 0.295 e. The third-order valence-corrected chi connectivity index (χ3v) is 30.2. The molecular weight excluding hydrogens is 1620 g/mol. The Balaban J connectivity index is 0.000000116. The first-order valence-electron chi connectivity index (χ1n) is 50.4. The molecule has 5 heterocycles. The summed E-state index contributed by atoms with van der Waals surface area (Å²) in [4.78, 5) is 0. The second-order valence-electron chi connectivity index (χ2n) is 41.1. The molecule has 0 saturated heterocycles. The van der Waals surface area contributed by atoms with Crippen molar-refractivity contribution in [2.45, 2.75) is 267 Å². The molecule has 21 rings (SSSR count). The zero-order valence-electron chi connectivity index (χ0n) is 83.5. The van der Waals surface area contributed by atoms with E-state index in [0.717, 1.165) is 0 Å². The Bertz CT molecular complexity index is 6980. The quantitative estimate of drug-likeness (QED) is 0.103. The molecule has 133 heavy (non-hydrogen) atoms. The summed E-state index contributed by atoms with van der Waals surface area (Å²) in [6.45, 7) is 31.7. The fraction of sp³-hybridized carbons (Fsp3) is 0.374. The molecule has 0 radical (unpaired) electrons. The Morgan fingerprint density at radius 1 is 0.263 bits per heavy atom. The molecule has 0 bridgehead atoms. The lowest BCUT2D eigenvalue weighted by molar-refractivity contribution is -0.634. The molecule has 4 fully saturated rings. The molecule has 0 aliphatic heterocycles. The van der Waals surface area contributed by atoms with Gasteiger partial charge in [-0.15, -0.1) is 0 Å². The zero-order valence-corrected chi connectivity index (χ0v) is 83.5. The van der Waals surface area contributed by atoms with Crippen molar-refractivity contribution in [1.29, 1.82) is 0 Å². The van der Waals surface area contributed by atoms with Gasteiger partial charge in [0.25, 0.3) is 29.1 Å². The number of imidazole rings is 5. The van der Waals surface area contributed by atoms with Crippen molar-refractivity contribution in [2.75, 3.05) is 0 Å². The van der Waals surface area contributed by atoms with Crippen molar-refractivity contribution in [3.8, 4) is 73.8 Å². The molecule has 4 aliphatic carbocycles. The van der Waals surface area contributed by atoms with Crippen LogP contribution in [0.15, 0.2) is 267 Å². The van der Waals surface area contributed by atoms with Gasteiger partial charge in [0.2, 0.25) is 0 Å². The van der Waals surface area contributed by atoms with Gasteiger partial charge in [-0.3, -0.25) is 0 Å². The summed E-state index contributed by atoms with van der Waals surface area (Å²) in [5.41, 5.74) is 37.6. The average molecular weight is 1770 g/mol. The van der Waals surface area contributed by atoms with Crippen LogP contribution < -0.4 is 22.8 Å². The number of hydrogen-bond donors (Lipinski definition) is 0. The molecule has 0 N–H and O–H groups in total. The van der Waals surface area contributed by atoms with Crippen molar-refractivity contribution in [2.24, 2.45) is 35.2 Å². The van der Waals surface area contributed by atoms with Crippen LogP contribution in [-0.4, -0.2) is 22.8 Å². The van der Waals surface area contributed by atoms with Crippen LogP contribution in [0.2, 0.25) is 0 Å². The predicted octanol–water partition coefficient (Wildman–Crippen LogP) is 30.0. The molecule has 0 spiro atoms. The van der Waals surface area contributed by atoms with Gasteiger partial charge in [-0.25, -0.2) is 41.1 Å². The third-order valence-electron chi connectivity index (χ3n) is 30.2. The van der Waals surface area contributed by atoms with Gasteiger partial charge < -0.3 is 0 Å². The lowest BCUT2D eigenvalue weighted by Crippen LogP contribution is -2.31. The van der Waals surface area contributed by atoms with Crippen molar-refractivity contribution in [1.82, 2.24) is 22.8 Å². The summed E-state index contributed by atoms with van der Waals surface area (Å²) in [5, 5.41) is 0. The molecule has 5 aromatic heterocycles. The van der Waals surface area contributed by atoms with Gasteiger partial charge in [0.05, 0.1) is 63.1 Å². The Morgan fingerprint density at radius 2 is 0.586 bits per heavy atom. The molecule has 12 aromatic carbocycles. The molecule has 0 unspecified atom stereocenters. The van der Waals surface area contributed by atoms with Crippen LogP contribution in [-0.2, 0) is 40.7 Å². The van der Waals surface area contributed by atoms with Crippen LogP contribution in [0.4, 0.5) is 0 Å². The van der Waals surface area contributed by atoms with Crippen LogP contribution in [0, 0.1) is 48.5 Å². The molecule has 10 heteroatoms. The molecular formula is C123H147N10+5. The van der Waals surface area contributed by atoms with E-state index < -0.39 is 0 Å². The maximum absolute atomic E-state index is 2.66. The molecule has 4 aliphatic rings. The standard InChI is InChI=1S/C27H23N2.2C25H33N2.C24H31N2.C22H27N2/c1-20-17-18-22(21-11-5-3-6-12-21)19-24(20)27-28(2)25-15-9-10-16-26(25)29(27)23-13-7-4-8-14-23;1-17(2)21-15-19(4)22(16-18(21)3)25-26(5)23-13-9-10-14-24(23)27(25)20-11-7-6-8-12-20;1-18-15-16-19(25(2,3)4)17-21(18)24-26(5)22-13-9-10-14-23(22)27(24)20-11-7-6-8-12-20;1-17(2)19-15-14-18(3)21(16-19)24-25(4)22-12-8-9-13-23(22)26(24)20-10-6-5-7-11-20;1-16-13-14-17(2)19(15-16)22-23(3)20-11-7-8-12-21(20)24(22)18-9-5-4-6-10-18/h3-19H,1-2H3;2*9-10,13-17,20H,6-8,11-12H2,1-5H3;8-9,12-17,20H,5-7,10-11H2,1-4H3;7-8,11-15,18H,4-6,9-10H2,1-3H3/q5*+1. The number of hydrogen-bond acceptors (Lipinski definition) is 0. The van der Waals surface area contributed by atoms with Crippen molar-refractivity contribution in [3.63, 3.8) is 0 Å². The Morgan fingerprint density at radius 3 is 0.985 bits per heavy atom. The van der Waals surface area contributed by atoms with Gasteiger partial charge in [-0.2, -0.15) is 4.57 Å². The van der Waals surface area contributed by atoms with Crippen LogP contribution in [0.5, 0.6) is 0 Å². The van der Waals surface area contributed by atoms with E-state index in [0.29, 0.717) is 36.0 Å². The average Bonchev–Trinajstić information content (AvgIpc) is 1.62. The molecule has 0 atom stereocenters. The van der Waals surface area contributed by atoms with Gasteiger partial charge in [0.15, 0.2) is 55.2 Å². The second kappa shape index (κ2) is 40.4. The van der Waals surface area contributed by atoms with Crippen molar-refractivity contribution >= 4 is 55.2 Å². The summed E-state index contributed by atoms with van der Waals surface area (Å²) in [6, 6.07) is 100. The van der Waals surface area contributed by atoms with Crippen LogP contribution in [0.3, 0.4) is 0 Å². The van der Waals surface area contributed by atoms with E-state index in [9.17, 15) is 0 Å². The second-order valence-corrected chi connectivity index (χ2v) is 41.1. The highest BCUT2D eigenvalue weighted by molar-refractivity contribution is 5.84. The number of aromatic nitrogens is 10. The smallest absolute Gasteiger partial charge is 0.226 e. The fourth-order valence-electron chi connectivity index (χ4n) is 22.8. The SMILES string of the molecule is Cc1cc(C(C)C)c(C)cc1-c1n(C2CCCCC2)c2ccccc2[n+]1C.Cc1ccc(-c2ccccc2)cc1-c1n(-c2ccccc2)c2ccccc2[n+]1C.Cc1ccc(C(C)(C)C)cc1-c1n(C2CCCCC2)c2ccccc2[n+]1C.Cc1ccc(C(C)C)cc1-c1n(C2CCCCC2)c2ccccc2[n+]1C.Cc1ccc(C)c(-c2n(C3CCCCC3)c3ccccc3[n+]2C)c1. The Labute approximate surface area is 793 Å².